The van der Waals surface area contributed by atoms with Crippen LogP contribution in [-0.2, 0) is 0 Å². The summed E-state index contributed by atoms with van der Waals surface area (Å²) in [4.78, 5) is 16.9. The van der Waals surface area contributed by atoms with Crippen molar-refractivity contribution in [3.05, 3.63) is 44.2 Å². The molecule has 3 nitrogen and oxygen atoms in total. The molecule has 0 aliphatic rings. The maximum atomic E-state index is 11.7. The zero-order valence-corrected chi connectivity index (χ0v) is 9.80. The van der Waals surface area contributed by atoms with Gasteiger partial charge in [0.15, 0.2) is 5.13 Å². The molecule has 0 aromatic carbocycles. The first kappa shape index (κ1) is 9.61. The molecule has 0 radical (unpaired) electrons. The van der Waals surface area contributed by atoms with Gasteiger partial charge in [0.25, 0.3) is 5.56 Å². The van der Waals surface area contributed by atoms with Crippen LogP contribution in [0.2, 0.25) is 0 Å². The van der Waals surface area contributed by atoms with Crippen LogP contribution in [-0.4, -0.2) is 9.55 Å². The van der Waals surface area contributed by atoms with Crippen LogP contribution in [0.5, 0.6) is 0 Å². The molecule has 0 spiro atoms. The van der Waals surface area contributed by atoms with E-state index in [9.17, 15) is 4.79 Å². The summed E-state index contributed by atoms with van der Waals surface area (Å²) in [6.07, 6.45) is 3.47. The number of rotatable bonds is 1. The predicted molar refractivity (Wildman–Crippen MR) is 60.1 cm³/mol. The smallest absolute Gasteiger partial charge is 0.268 e. The lowest BCUT2D eigenvalue weighted by atomic mass is 10.5. The number of thiazole rings is 1. The fourth-order valence-corrected chi connectivity index (χ4v) is 2.16. The fraction of sp³-hybridized carbons (Fsp3) is 0.111. The van der Waals surface area contributed by atoms with Gasteiger partial charge in [0.05, 0.1) is 4.47 Å². The summed E-state index contributed by atoms with van der Waals surface area (Å²) in [7, 11) is 0. The molecule has 2 rings (SSSR count). The zero-order chi connectivity index (χ0) is 10.1. The Hall–Kier alpha value is -0.940. The van der Waals surface area contributed by atoms with E-state index in [1.54, 1.807) is 18.5 Å². The van der Waals surface area contributed by atoms with Crippen molar-refractivity contribution < 1.29 is 0 Å². The monoisotopic (exact) mass is 270 g/mol. The molecule has 2 heterocycles. The third-order valence-corrected chi connectivity index (χ3v) is 3.23. The molecule has 0 fully saturated rings. The van der Waals surface area contributed by atoms with Crippen LogP contribution in [0.25, 0.3) is 5.13 Å². The largest absolute Gasteiger partial charge is 0.271 e. The average molecular weight is 271 g/mol. The first-order valence-electron chi connectivity index (χ1n) is 3.98. The van der Waals surface area contributed by atoms with E-state index in [2.05, 4.69) is 20.9 Å². The lowest BCUT2D eigenvalue weighted by molar-refractivity contribution is 0.963. The van der Waals surface area contributed by atoms with Crippen LogP contribution in [0.3, 0.4) is 0 Å². The van der Waals surface area contributed by atoms with Gasteiger partial charge in [-0.1, -0.05) is 0 Å². The molecule has 0 bridgehead atoms. The number of hydrogen-bond donors (Lipinski definition) is 0. The van der Waals surface area contributed by atoms with Gasteiger partial charge in [-0.25, -0.2) is 4.98 Å². The van der Waals surface area contributed by atoms with Gasteiger partial charge in [-0.15, -0.1) is 11.3 Å². The summed E-state index contributed by atoms with van der Waals surface area (Å²) in [6, 6.07) is 3.53. The van der Waals surface area contributed by atoms with Gasteiger partial charge in [-0.2, -0.15) is 0 Å². The van der Waals surface area contributed by atoms with E-state index in [-0.39, 0.29) is 5.56 Å². The van der Waals surface area contributed by atoms with Gasteiger partial charge < -0.3 is 0 Å². The van der Waals surface area contributed by atoms with Gasteiger partial charge in [-0.05, 0) is 35.0 Å². The van der Waals surface area contributed by atoms with Crippen LogP contribution in [0, 0.1) is 6.92 Å². The normalized spacial score (nSPS) is 10.4. The lowest BCUT2D eigenvalue weighted by Crippen LogP contribution is -2.17. The summed E-state index contributed by atoms with van der Waals surface area (Å²) in [5.74, 6) is 0. The molecular weight excluding hydrogens is 264 g/mol. The molecule has 0 unspecified atom stereocenters. The highest BCUT2D eigenvalue weighted by Gasteiger charge is 2.05. The van der Waals surface area contributed by atoms with Crippen LogP contribution in [0.1, 0.15) is 4.88 Å². The predicted octanol–water partition coefficient (Wildman–Crippen LogP) is 2.36. The summed E-state index contributed by atoms with van der Waals surface area (Å²) >= 11 is 4.69. The SMILES string of the molecule is Cc1cnc(-n2cccc(Br)c2=O)s1. The minimum atomic E-state index is -0.0816. The number of halogens is 1. The van der Waals surface area contributed by atoms with Crippen molar-refractivity contribution in [3.8, 4) is 5.13 Å². The Kier molecular flexibility index (Phi) is 2.52. The van der Waals surface area contributed by atoms with E-state index in [0.29, 0.717) is 9.60 Å². The third kappa shape index (κ3) is 1.65. The van der Waals surface area contributed by atoms with Gasteiger partial charge >= 0.3 is 0 Å². The number of nitrogens with zero attached hydrogens (tertiary/aromatic N) is 2. The Bertz CT molecular complexity index is 518. The Balaban J connectivity index is 2.63. The van der Waals surface area contributed by atoms with Crippen molar-refractivity contribution in [2.24, 2.45) is 0 Å². The van der Waals surface area contributed by atoms with Crippen molar-refractivity contribution in [1.82, 2.24) is 9.55 Å². The Morgan fingerprint density at radius 3 is 3.00 bits per heavy atom. The van der Waals surface area contributed by atoms with E-state index in [1.165, 1.54) is 15.9 Å². The number of hydrogen-bond acceptors (Lipinski definition) is 3. The highest BCUT2D eigenvalue weighted by atomic mass is 79.9. The van der Waals surface area contributed by atoms with E-state index in [0.717, 1.165) is 4.88 Å². The topological polar surface area (TPSA) is 34.9 Å². The van der Waals surface area contributed by atoms with Crippen molar-refractivity contribution in [1.29, 1.82) is 0 Å². The van der Waals surface area contributed by atoms with Gasteiger partial charge in [0.1, 0.15) is 0 Å². The van der Waals surface area contributed by atoms with E-state index < -0.39 is 0 Å². The van der Waals surface area contributed by atoms with Crippen LogP contribution in [0.4, 0.5) is 0 Å². The highest BCUT2D eigenvalue weighted by Crippen LogP contribution is 2.15. The van der Waals surface area contributed by atoms with Gasteiger partial charge in [0.2, 0.25) is 0 Å². The van der Waals surface area contributed by atoms with Crippen molar-refractivity contribution in [2.75, 3.05) is 0 Å². The first-order chi connectivity index (χ1) is 6.68. The molecule has 0 aliphatic carbocycles. The summed E-state index contributed by atoms with van der Waals surface area (Å²) in [5.41, 5.74) is -0.0816. The molecular formula is C9H7BrN2OS. The quantitative estimate of drug-likeness (QED) is 0.798. The van der Waals surface area contributed by atoms with E-state index in [1.807, 2.05) is 13.0 Å². The molecule has 5 heteroatoms. The Morgan fingerprint density at radius 1 is 1.57 bits per heavy atom. The molecule has 0 amide bonds. The molecule has 2 aromatic heterocycles. The van der Waals surface area contributed by atoms with Gasteiger partial charge in [-0.3, -0.25) is 9.36 Å². The third-order valence-electron chi connectivity index (χ3n) is 1.72. The zero-order valence-electron chi connectivity index (χ0n) is 7.40. The van der Waals surface area contributed by atoms with Crippen LogP contribution >= 0.6 is 27.3 Å². The Labute approximate surface area is 93.2 Å². The molecule has 72 valence electrons. The molecule has 0 aliphatic heterocycles. The van der Waals surface area contributed by atoms with Crippen LogP contribution < -0.4 is 5.56 Å². The Morgan fingerprint density at radius 2 is 2.36 bits per heavy atom. The fourth-order valence-electron chi connectivity index (χ4n) is 1.07. The van der Waals surface area contributed by atoms with E-state index in [4.69, 9.17) is 0 Å². The molecule has 14 heavy (non-hydrogen) atoms. The summed E-state index contributed by atoms with van der Waals surface area (Å²) in [5, 5.41) is 0.703. The van der Waals surface area contributed by atoms with Crippen molar-refractivity contribution >= 4 is 27.3 Å². The molecule has 0 N–H and O–H groups in total. The van der Waals surface area contributed by atoms with E-state index >= 15 is 0 Å². The number of aryl methyl sites for hydroxylation is 1. The standard InChI is InChI=1S/C9H7BrN2OS/c1-6-5-11-9(14-6)12-4-2-3-7(10)8(12)13/h2-5H,1H3. The van der Waals surface area contributed by atoms with Gasteiger partial charge in [0, 0.05) is 17.3 Å². The molecule has 0 atom stereocenters. The maximum Gasteiger partial charge on any atom is 0.271 e. The van der Waals surface area contributed by atoms with Crippen LogP contribution in [0.15, 0.2) is 33.8 Å². The minimum absolute atomic E-state index is 0.0816. The van der Waals surface area contributed by atoms with Crippen molar-refractivity contribution in [2.45, 2.75) is 6.92 Å². The molecule has 2 aromatic rings. The first-order valence-corrected chi connectivity index (χ1v) is 5.59. The minimum Gasteiger partial charge on any atom is -0.268 e. The highest BCUT2D eigenvalue weighted by molar-refractivity contribution is 9.10. The summed E-state index contributed by atoms with van der Waals surface area (Å²) in [6.45, 7) is 1.96. The second kappa shape index (κ2) is 3.67. The molecule has 0 saturated heterocycles. The second-order valence-corrected chi connectivity index (χ2v) is 4.85. The number of aromatic nitrogens is 2. The lowest BCUT2D eigenvalue weighted by Gasteiger charge is -1.99. The molecule has 0 saturated carbocycles. The average Bonchev–Trinajstić information content (AvgIpc) is 2.57. The second-order valence-electron chi connectivity index (χ2n) is 2.78. The van der Waals surface area contributed by atoms with Crippen molar-refractivity contribution in [3.63, 3.8) is 0 Å². The summed E-state index contributed by atoms with van der Waals surface area (Å²) < 4.78 is 2.08. The number of pyridine rings is 1. The maximum absolute atomic E-state index is 11.7.